The Kier molecular flexibility index (Phi) is 8.37. The van der Waals surface area contributed by atoms with Gasteiger partial charge in [0.05, 0.1) is 20.6 Å². The monoisotopic (exact) mass is 427 g/mol. The molecule has 0 fully saturated rings. The zero-order valence-corrected chi connectivity index (χ0v) is 18.2. The molecule has 0 aliphatic carbocycles. The lowest BCUT2D eigenvalue weighted by atomic mass is 10.1. The second-order valence-corrected chi connectivity index (χ2v) is 6.96. The second kappa shape index (κ2) is 11.0. The maximum absolute atomic E-state index is 12.1. The molecular formula is C22H25N3O4S. The summed E-state index contributed by atoms with van der Waals surface area (Å²) in [5, 5.41) is 5.71. The van der Waals surface area contributed by atoms with Crippen molar-refractivity contribution in [1.82, 2.24) is 10.2 Å². The summed E-state index contributed by atoms with van der Waals surface area (Å²) < 4.78 is 10.4. The number of nitrogens with one attached hydrogen (secondary N) is 2. The summed E-state index contributed by atoms with van der Waals surface area (Å²) in [6.07, 6.45) is 3.36. The Labute approximate surface area is 181 Å². The molecule has 0 aliphatic heterocycles. The summed E-state index contributed by atoms with van der Waals surface area (Å²) in [4.78, 5) is 25.4. The highest BCUT2D eigenvalue weighted by Gasteiger charge is 2.07. The lowest BCUT2D eigenvalue weighted by Crippen LogP contribution is -2.32. The number of hydrogen-bond acceptors (Lipinski definition) is 5. The van der Waals surface area contributed by atoms with Crippen molar-refractivity contribution >= 4 is 40.9 Å². The Morgan fingerprint density at radius 3 is 2.30 bits per heavy atom. The van der Waals surface area contributed by atoms with Crippen LogP contribution in [0.15, 0.2) is 48.5 Å². The molecule has 0 unspecified atom stereocenters. The van der Waals surface area contributed by atoms with E-state index in [-0.39, 0.29) is 16.9 Å². The van der Waals surface area contributed by atoms with E-state index in [1.54, 1.807) is 63.6 Å². The van der Waals surface area contributed by atoms with E-state index in [0.717, 1.165) is 11.1 Å². The van der Waals surface area contributed by atoms with E-state index >= 15 is 0 Å². The minimum absolute atomic E-state index is 0.0276. The Balaban J connectivity index is 1.89. The number of benzene rings is 2. The fourth-order valence-electron chi connectivity index (χ4n) is 2.48. The molecule has 0 atom stereocenters. The topological polar surface area (TPSA) is 79.9 Å². The number of likely N-dealkylation sites (N-methyl/N-ethyl adjacent to an activating group) is 1. The predicted molar refractivity (Wildman–Crippen MR) is 122 cm³/mol. The first-order valence-corrected chi connectivity index (χ1v) is 9.54. The molecule has 0 radical (unpaired) electrons. The number of carbonyl (C=O) groups is 2. The third-order valence-electron chi connectivity index (χ3n) is 4.14. The second-order valence-electron chi connectivity index (χ2n) is 6.55. The van der Waals surface area contributed by atoms with Crippen LogP contribution in [0.25, 0.3) is 6.08 Å². The predicted octanol–water partition coefficient (Wildman–Crippen LogP) is 2.86. The first-order valence-electron chi connectivity index (χ1n) is 9.13. The number of thiocarbonyl (C=S) groups is 1. The number of carbonyl (C=O) groups excluding carboxylic acids is 2. The van der Waals surface area contributed by atoms with Crippen molar-refractivity contribution in [3.8, 4) is 11.5 Å². The van der Waals surface area contributed by atoms with Gasteiger partial charge in [-0.15, -0.1) is 0 Å². The lowest BCUT2D eigenvalue weighted by Gasteiger charge is -2.11. The SMILES string of the molecule is COc1ccc(/C=C/C(=O)NC(=S)Nc2ccc(CC(=O)N(C)C)cc2)cc1OC. The van der Waals surface area contributed by atoms with Crippen LogP contribution < -0.4 is 20.1 Å². The number of rotatable bonds is 7. The minimum atomic E-state index is -0.365. The van der Waals surface area contributed by atoms with E-state index in [9.17, 15) is 9.59 Å². The highest BCUT2D eigenvalue weighted by molar-refractivity contribution is 7.80. The number of ether oxygens (including phenoxy) is 2. The standard InChI is InChI=1S/C22H25N3O4S/c1-25(2)21(27)14-16-5-9-17(10-6-16)23-22(30)24-20(26)12-8-15-7-11-18(28-3)19(13-15)29-4/h5-13H,14H2,1-4H3,(H2,23,24,26,30)/b12-8+. The van der Waals surface area contributed by atoms with Gasteiger partial charge in [0.25, 0.3) is 0 Å². The molecule has 158 valence electrons. The van der Waals surface area contributed by atoms with Gasteiger partial charge in [0.2, 0.25) is 11.8 Å². The third kappa shape index (κ3) is 6.89. The van der Waals surface area contributed by atoms with Crippen molar-refractivity contribution in [2.45, 2.75) is 6.42 Å². The molecule has 2 amide bonds. The Hall–Kier alpha value is -3.39. The summed E-state index contributed by atoms with van der Waals surface area (Å²) in [5.41, 5.74) is 2.39. The molecule has 0 aromatic heterocycles. The van der Waals surface area contributed by atoms with Gasteiger partial charge in [-0.1, -0.05) is 18.2 Å². The molecule has 2 N–H and O–H groups in total. The molecule has 30 heavy (non-hydrogen) atoms. The quantitative estimate of drug-likeness (QED) is 0.523. The Morgan fingerprint density at radius 1 is 1.03 bits per heavy atom. The fraction of sp³-hybridized carbons (Fsp3) is 0.227. The molecule has 0 saturated heterocycles. The maximum Gasteiger partial charge on any atom is 0.250 e. The third-order valence-corrected chi connectivity index (χ3v) is 4.34. The largest absolute Gasteiger partial charge is 0.493 e. The Bertz CT molecular complexity index is 940. The van der Waals surface area contributed by atoms with Crippen molar-refractivity contribution in [2.24, 2.45) is 0 Å². The van der Waals surface area contributed by atoms with Gasteiger partial charge < -0.3 is 19.7 Å². The summed E-state index contributed by atoms with van der Waals surface area (Å²) >= 11 is 5.18. The first-order chi connectivity index (χ1) is 14.3. The van der Waals surface area contributed by atoms with Crippen molar-refractivity contribution in [1.29, 1.82) is 0 Å². The molecule has 0 heterocycles. The molecule has 0 saturated carbocycles. The van der Waals surface area contributed by atoms with Crippen LogP contribution in [-0.2, 0) is 16.0 Å². The van der Waals surface area contributed by atoms with Crippen LogP contribution in [0, 0.1) is 0 Å². The molecule has 0 bridgehead atoms. The molecule has 0 aliphatic rings. The summed E-state index contributed by atoms with van der Waals surface area (Å²) in [6.45, 7) is 0. The summed E-state index contributed by atoms with van der Waals surface area (Å²) in [6, 6.07) is 12.6. The molecule has 2 aromatic rings. The van der Waals surface area contributed by atoms with Gasteiger partial charge in [0, 0.05) is 25.9 Å². The van der Waals surface area contributed by atoms with Crippen molar-refractivity contribution in [2.75, 3.05) is 33.6 Å². The van der Waals surface area contributed by atoms with Crippen LogP contribution in [0.4, 0.5) is 5.69 Å². The van der Waals surface area contributed by atoms with Gasteiger partial charge in [-0.05, 0) is 53.7 Å². The lowest BCUT2D eigenvalue weighted by molar-refractivity contribution is -0.128. The van der Waals surface area contributed by atoms with Crippen molar-refractivity contribution in [3.63, 3.8) is 0 Å². The van der Waals surface area contributed by atoms with E-state index in [1.165, 1.54) is 6.08 Å². The van der Waals surface area contributed by atoms with E-state index in [0.29, 0.717) is 23.6 Å². The van der Waals surface area contributed by atoms with E-state index in [2.05, 4.69) is 10.6 Å². The molecular weight excluding hydrogens is 402 g/mol. The molecule has 2 aromatic carbocycles. The van der Waals surface area contributed by atoms with Crippen LogP contribution in [0.1, 0.15) is 11.1 Å². The van der Waals surface area contributed by atoms with Gasteiger partial charge >= 0.3 is 0 Å². The number of methoxy groups -OCH3 is 2. The van der Waals surface area contributed by atoms with Crippen LogP contribution in [0.2, 0.25) is 0 Å². The summed E-state index contributed by atoms with van der Waals surface area (Å²) in [7, 11) is 6.55. The number of amides is 2. The average Bonchev–Trinajstić information content (AvgIpc) is 2.73. The highest BCUT2D eigenvalue weighted by atomic mass is 32.1. The molecule has 2 rings (SSSR count). The highest BCUT2D eigenvalue weighted by Crippen LogP contribution is 2.27. The minimum Gasteiger partial charge on any atom is -0.493 e. The van der Waals surface area contributed by atoms with Gasteiger partial charge in [-0.3, -0.25) is 14.9 Å². The molecule has 8 heteroatoms. The zero-order chi connectivity index (χ0) is 22.1. The van der Waals surface area contributed by atoms with E-state index in [4.69, 9.17) is 21.7 Å². The maximum atomic E-state index is 12.1. The van der Waals surface area contributed by atoms with Gasteiger partial charge in [-0.2, -0.15) is 0 Å². The van der Waals surface area contributed by atoms with Gasteiger partial charge in [-0.25, -0.2) is 0 Å². The van der Waals surface area contributed by atoms with Crippen LogP contribution >= 0.6 is 12.2 Å². The van der Waals surface area contributed by atoms with Gasteiger partial charge in [0.1, 0.15) is 0 Å². The number of nitrogens with zero attached hydrogens (tertiary/aromatic N) is 1. The van der Waals surface area contributed by atoms with Crippen molar-refractivity contribution in [3.05, 3.63) is 59.7 Å². The first kappa shape index (κ1) is 22.9. The number of hydrogen-bond donors (Lipinski definition) is 2. The van der Waals surface area contributed by atoms with Gasteiger partial charge in [0.15, 0.2) is 16.6 Å². The fourth-order valence-corrected chi connectivity index (χ4v) is 2.70. The Morgan fingerprint density at radius 2 is 1.70 bits per heavy atom. The summed E-state index contributed by atoms with van der Waals surface area (Å²) in [5.74, 6) is 0.852. The van der Waals surface area contributed by atoms with Crippen LogP contribution in [0.5, 0.6) is 11.5 Å². The number of anilines is 1. The zero-order valence-electron chi connectivity index (χ0n) is 17.4. The van der Waals surface area contributed by atoms with Crippen LogP contribution in [-0.4, -0.2) is 50.1 Å². The molecule has 7 nitrogen and oxygen atoms in total. The van der Waals surface area contributed by atoms with Crippen LogP contribution in [0.3, 0.4) is 0 Å². The van der Waals surface area contributed by atoms with E-state index < -0.39 is 0 Å². The average molecular weight is 428 g/mol. The smallest absolute Gasteiger partial charge is 0.250 e. The van der Waals surface area contributed by atoms with E-state index in [1.807, 2.05) is 18.2 Å². The molecule has 0 spiro atoms. The normalized spacial score (nSPS) is 10.4. The van der Waals surface area contributed by atoms with Crippen molar-refractivity contribution < 1.29 is 19.1 Å².